The number of carbonyl (C=O) groups is 1. The molecule has 12 heteroatoms. The Bertz CT molecular complexity index is 1760. The molecule has 4 aromatic rings. The third-order valence-corrected chi connectivity index (χ3v) is 10.5. The van der Waals surface area contributed by atoms with Gasteiger partial charge in [-0.2, -0.15) is 0 Å². The summed E-state index contributed by atoms with van der Waals surface area (Å²) in [6.45, 7) is 4.40. The molecule has 2 aliphatic carbocycles. The standard InChI is InChI=1S/C30H32ClN3O7S/c1-15-23-26(36)34(30(2,3)28(37)38)29(39)33(27(23)42-24(15)25-32-8-9-40-25)14-22(20-6-4-5-7-21(20)31)41-19-12-16-10-18(35)11-17(16)13-19/h4-9,16-19,22,35H,10-14H2,1-3H3,(H,37,38)/t16-,17?,18-,19+,22?/m0/s1. The van der Waals surface area contributed by atoms with Crippen molar-refractivity contribution in [3.05, 3.63) is 73.7 Å². The van der Waals surface area contributed by atoms with Gasteiger partial charge in [0, 0.05) is 10.6 Å². The van der Waals surface area contributed by atoms with Crippen molar-refractivity contribution in [2.24, 2.45) is 11.8 Å². The zero-order valence-corrected chi connectivity index (χ0v) is 25.0. The first-order valence-corrected chi connectivity index (χ1v) is 15.2. The Morgan fingerprint density at radius 2 is 1.90 bits per heavy atom. The van der Waals surface area contributed by atoms with Crippen LogP contribution in [0.5, 0.6) is 0 Å². The second-order valence-electron chi connectivity index (χ2n) is 11.9. The van der Waals surface area contributed by atoms with Crippen LogP contribution < -0.4 is 11.2 Å². The van der Waals surface area contributed by atoms with E-state index in [1.165, 1.54) is 42.2 Å². The number of halogens is 1. The number of rotatable bonds is 8. The Morgan fingerprint density at radius 1 is 1.21 bits per heavy atom. The van der Waals surface area contributed by atoms with Gasteiger partial charge in [-0.05, 0) is 69.9 Å². The summed E-state index contributed by atoms with van der Waals surface area (Å²) in [6, 6.07) is 7.27. The maximum Gasteiger partial charge on any atom is 0.333 e. The van der Waals surface area contributed by atoms with E-state index in [4.69, 9.17) is 20.8 Å². The zero-order valence-electron chi connectivity index (χ0n) is 23.4. The number of aliphatic hydroxyl groups is 1. The van der Waals surface area contributed by atoms with Crippen molar-refractivity contribution in [3.8, 4) is 10.8 Å². The van der Waals surface area contributed by atoms with E-state index in [-0.39, 0.29) is 24.1 Å². The number of oxazole rings is 1. The predicted octanol–water partition coefficient (Wildman–Crippen LogP) is 4.97. The lowest BCUT2D eigenvalue weighted by molar-refractivity contribution is -0.146. The fourth-order valence-corrected chi connectivity index (χ4v) is 8.12. The predicted molar refractivity (Wildman–Crippen MR) is 158 cm³/mol. The van der Waals surface area contributed by atoms with E-state index in [0.717, 1.165) is 30.3 Å². The molecule has 3 aromatic heterocycles. The van der Waals surface area contributed by atoms with Crippen LogP contribution in [-0.2, 0) is 21.6 Å². The quantitative estimate of drug-likeness (QED) is 0.284. The van der Waals surface area contributed by atoms with Crippen LogP contribution in [0.25, 0.3) is 21.0 Å². The van der Waals surface area contributed by atoms with Gasteiger partial charge in [0.1, 0.15) is 22.7 Å². The number of aliphatic carboxylic acids is 1. The molecule has 42 heavy (non-hydrogen) atoms. The second kappa shape index (κ2) is 10.8. The number of carboxylic acids is 1. The van der Waals surface area contributed by atoms with E-state index in [1.807, 2.05) is 18.2 Å². The summed E-state index contributed by atoms with van der Waals surface area (Å²) in [5, 5.41) is 20.8. The van der Waals surface area contributed by atoms with E-state index in [1.54, 1.807) is 13.0 Å². The molecule has 5 atom stereocenters. The minimum atomic E-state index is -1.83. The Kier molecular flexibility index (Phi) is 7.41. The maximum absolute atomic E-state index is 14.2. The smallest absolute Gasteiger partial charge is 0.333 e. The number of carboxylic acid groups (broad SMARTS) is 1. The maximum atomic E-state index is 14.2. The molecule has 2 N–H and O–H groups in total. The largest absolute Gasteiger partial charge is 0.480 e. The lowest BCUT2D eigenvalue weighted by Gasteiger charge is -2.27. The summed E-state index contributed by atoms with van der Waals surface area (Å²) in [5.74, 6) is -0.248. The van der Waals surface area contributed by atoms with Gasteiger partial charge in [-0.3, -0.25) is 9.36 Å². The summed E-state index contributed by atoms with van der Waals surface area (Å²) in [7, 11) is 0. The highest BCUT2D eigenvalue weighted by molar-refractivity contribution is 7.22. The van der Waals surface area contributed by atoms with Gasteiger partial charge in [-0.15, -0.1) is 11.3 Å². The fourth-order valence-electron chi connectivity index (χ4n) is 6.62. The van der Waals surface area contributed by atoms with E-state index in [9.17, 15) is 24.6 Å². The molecule has 0 spiro atoms. The Labute approximate surface area is 250 Å². The summed E-state index contributed by atoms with van der Waals surface area (Å²) in [4.78, 5) is 45.5. The molecule has 10 nitrogen and oxygen atoms in total. The van der Waals surface area contributed by atoms with E-state index in [0.29, 0.717) is 43.6 Å². The molecule has 2 unspecified atom stereocenters. The van der Waals surface area contributed by atoms with Crippen molar-refractivity contribution in [1.29, 1.82) is 0 Å². The van der Waals surface area contributed by atoms with Crippen LogP contribution in [0, 0.1) is 18.8 Å². The van der Waals surface area contributed by atoms with E-state index in [2.05, 4.69) is 4.98 Å². The lowest BCUT2D eigenvalue weighted by Crippen LogP contribution is -2.52. The molecule has 1 aromatic carbocycles. The van der Waals surface area contributed by atoms with Crippen molar-refractivity contribution in [3.63, 3.8) is 0 Å². The topological polar surface area (TPSA) is 137 Å². The highest BCUT2D eigenvalue weighted by Crippen LogP contribution is 2.46. The molecule has 2 aliphatic rings. The van der Waals surface area contributed by atoms with Crippen molar-refractivity contribution in [1.82, 2.24) is 14.1 Å². The molecule has 0 radical (unpaired) electrons. The Hall–Kier alpha value is -3.25. The van der Waals surface area contributed by atoms with E-state index >= 15 is 0 Å². The molecular weight excluding hydrogens is 582 g/mol. The van der Waals surface area contributed by atoms with Gasteiger partial charge >= 0.3 is 11.7 Å². The van der Waals surface area contributed by atoms with Crippen molar-refractivity contribution in [2.75, 3.05) is 0 Å². The first-order chi connectivity index (χ1) is 20.0. The van der Waals surface area contributed by atoms with Crippen LogP contribution in [0.2, 0.25) is 5.02 Å². The van der Waals surface area contributed by atoms with Gasteiger partial charge in [0.2, 0.25) is 5.89 Å². The number of aryl methyl sites for hydroxylation is 1. The van der Waals surface area contributed by atoms with Gasteiger partial charge < -0.3 is 19.4 Å². The molecular formula is C30H32ClN3O7S. The number of ether oxygens (including phenoxy) is 1. The second-order valence-corrected chi connectivity index (χ2v) is 13.3. The molecule has 3 heterocycles. The summed E-state index contributed by atoms with van der Waals surface area (Å²) in [6.07, 6.45) is 4.99. The lowest BCUT2D eigenvalue weighted by atomic mass is 10.0. The van der Waals surface area contributed by atoms with Crippen LogP contribution >= 0.6 is 22.9 Å². The minimum absolute atomic E-state index is 0.00548. The Balaban J connectivity index is 1.52. The molecule has 0 saturated heterocycles. The SMILES string of the molecule is Cc1c(-c2ncco2)sc2c1c(=O)n(C(C)(C)C(=O)O)c(=O)n2CC(O[C@H]1CC2C[C@@H](O)C[C@H]2C1)c1ccccc1Cl. The molecule has 222 valence electrons. The Morgan fingerprint density at radius 3 is 2.52 bits per heavy atom. The first kappa shape index (κ1) is 28.9. The fraction of sp³-hybridized carbons (Fsp3) is 0.467. The summed E-state index contributed by atoms with van der Waals surface area (Å²) >= 11 is 7.85. The van der Waals surface area contributed by atoms with Crippen molar-refractivity contribution >= 4 is 39.1 Å². The highest BCUT2D eigenvalue weighted by Gasteiger charge is 2.43. The number of thiophene rings is 1. The normalized spacial score (nSPS) is 23.0. The molecule has 2 saturated carbocycles. The zero-order chi connectivity index (χ0) is 29.9. The van der Waals surface area contributed by atoms with Crippen LogP contribution in [0.15, 0.2) is 50.7 Å². The number of aliphatic hydroxyl groups excluding tert-OH is 1. The van der Waals surface area contributed by atoms with Crippen molar-refractivity contribution < 1.29 is 24.2 Å². The van der Waals surface area contributed by atoms with E-state index < -0.39 is 28.9 Å². The number of benzene rings is 1. The number of hydrogen-bond donors (Lipinski definition) is 2. The average Bonchev–Trinajstić information content (AvgIpc) is 3.70. The number of nitrogens with zero attached hydrogens (tertiary/aromatic N) is 3. The van der Waals surface area contributed by atoms with Crippen LogP contribution in [0.3, 0.4) is 0 Å². The number of hydrogen-bond acceptors (Lipinski definition) is 8. The van der Waals surface area contributed by atoms with Gasteiger partial charge in [-0.25, -0.2) is 19.1 Å². The molecule has 0 aliphatic heterocycles. The molecule has 6 rings (SSSR count). The molecule has 0 amide bonds. The van der Waals surface area contributed by atoms with Crippen molar-refractivity contribution in [2.45, 2.75) is 76.9 Å². The van der Waals surface area contributed by atoms with Gasteiger partial charge in [0.05, 0.1) is 35.2 Å². The molecule has 0 bridgehead atoms. The number of fused-ring (bicyclic) bond motifs is 2. The van der Waals surface area contributed by atoms with Gasteiger partial charge in [0.25, 0.3) is 5.56 Å². The number of aromatic nitrogens is 3. The highest BCUT2D eigenvalue weighted by atomic mass is 35.5. The average molecular weight is 614 g/mol. The van der Waals surface area contributed by atoms with Gasteiger partial charge in [0.15, 0.2) is 0 Å². The monoisotopic (exact) mass is 613 g/mol. The summed E-state index contributed by atoms with van der Waals surface area (Å²) < 4.78 is 14.5. The van der Waals surface area contributed by atoms with Crippen LogP contribution in [-0.4, -0.2) is 42.5 Å². The first-order valence-electron chi connectivity index (χ1n) is 14.0. The van der Waals surface area contributed by atoms with Crippen LogP contribution in [0.1, 0.15) is 56.8 Å². The molecule has 2 fully saturated rings. The summed E-state index contributed by atoms with van der Waals surface area (Å²) in [5.41, 5.74) is -2.04. The third kappa shape index (κ3) is 4.82. The van der Waals surface area contributed by atoms with Gasteiger partial charge in [-0.1, -0.05) is 29.8 Å². The third-order valence-electron chi connectivity index (χ3n) is 8.83. The van der Waals surface area contributed by atoms with Crippen LogP contribution in [0.4, 0.5) is 0 Å². The minimum Gasteiger partial charge on any atom is -0.480 e.